The highest BCUT2D eigenvalue weighted by molar-refractivity contribution is 4.83. The Balaban J connectivity index is 3.16. The third-order valence-electron chi connectivity index (χ3n) is 1.31. The van der Waals surface area contributed by atoms with Crippen LogP contribution in [0.5, 0.6) is 0 Å². The normalized spacial score (nSPS) is 10.3. The lowest BCUT2D eigenvalue weighted by Crippen LogP contribution is -2.20. The van der Waals surface area contributed by atoms with Crippen molar-refractivity contribution in [1.82, 2.24) is 9.55 Å². The summed E-state index contributed by atoms with van der Waals surface area (Å²) in [5.41, 5.74) is 0.00463. The molecule has 0 radical (unpaired) electrons. The predicted octanol–water partition coefficient (Wildman–Crippen LogP) is 0.824. The van der Waals surface area contributed by atoms with Crippen LogP contribution in [0.15, 0.2) is 23.4 Å². The molecule has 0 fully saturated rings. The number of hydrogen-bond donors (Lipinski definition) is 0. The van der Waals surface area contributed by atoms with Crippen molar-refractivity contribution in [3.8, 4) is 0 Å². The second-order valence-electron chi connectivity index (χ2n) is 2.42. The zero-order chi connectivity index (χ0) is 7.56. The quantitative estimate of drug-likeness (QED) is 0.576. The zero-order valence-corrected chi connectivity index (χ0v) is 6.11. The summed E-state index contributed by atoms with van der Waals surface area (Å²) in [5.74, 6) is 0. The van der Waals surface area contributed by atoms with Crippen molar-refractivity contribution >= 4 is 0 Å². The summed E-state index contributed by atoms with van der Waals surface area (Å²) in [4.78, 5) is 14.8. The van der Waals surface area contributed by atoms with Crippen LogP contribution in [-0.4, -0.2) is 9.55 Å². The van der Waals surface area contributed by atoms with Crippen molar-refractivity contribution in [2.24, 2.45) is 0 Å². The van der Waals surface area contributed by atoms with Gasteiger partial charge in [-0.3, -0.25) is 9.36 Å². The molecular weight excluding hydrogens is 128 g/mol. The Kier molecular flexibility index (Phi) is 1.85. The summed E-state index contributed by atoms with van der Waals surface area (Å²) in [7, 11) is 0. The zero-order valence-electron chi connectivity index (χ0n) is 6.11. The first kappa shape index (κ1) is 6.99. The van der Waals surface area contributed by atoms with Gasteiger partial charge in [-0.05, 0) is 13.8 Å². The van der Waals surface area contributed by atoms with Crippen LogP contribution in [0.25, 0.3) is 0 Å². The molecule has 1 heterocycles. The lowest BCUT2D eigenvalue weighted by Gasteiger charge is -2.05. The van der Waals surface area contributed by atoms with E-state index in [1.54, 1.807) is 10.9 Å². The molecule has 0 aromatic carbocycles. The Morgan fingerprint density at radius 2 is 2.30 bits per heavy atom. The molecule has 0 aliphatic rings. The van der Waals surface area contributed by atoms with Crippen LogP contribution in [0.1, 0.15) is 19.9 Å². The van der Waals surface area contributed by atoms with Crippen molar-refractivity contribution in [1.29, 1.82) is 0 Å². The molecule has 0 aliphatic carbocycles. The fourth-order valence-electron chi connectivity index (χ4n) is 0.748. The van der Waals surface area contributed by atoms with Gasteiger partial charge in [0, 0.05) is 18.3 Å². The minimum atomic E-state index is 0.00463. The Labute approximate surface area is 59.3 Å². The molecule has 0 atom stereocenters. The smallest absolute Gasteiger partial charge is 0.253 e. The molecule has 1 aromatic heterocycles. The Morgan fingerprint density at radius 3 is 2.70 bits per heavy atom. The van der Waals surface area contributed by atoms with E-state index < -0.39 is 0 Å². The van der Waals surface area contributed by atoms with E-state index in [4.69, 9.17) is 0 Å². The van der Waals surface area contributed by atoms with Gasteiger partial charge in [-0.25, -0.2) is 4.98 Å². The minimum absolute atomic E-state index is 0.00463. The summed E-state index contributed by atoms with van der Waals surface area (Å²) in [6.45, 7) is 3.90. The molecule has 0 aliphatic heterocycles. The molecule has 1 rings (SSSR count). The van der Waals surface area contributed by atoms with Crippen molar-refractivity contribution in [2.75, 3.05) is 0 Å². The summed E-state index contributed by atoms with van der Waals surface area (Å²) < 4.78 is 1.58. The van der Waals surface area contributed by atoms with Crippen LogP contribution in [0.2, 0.25) is 0 Å². The summed E-state index contributed by atoms with van der Waals surface area (Å²) in [5, 5.41) is 0. The topological polar surface area (TPSA) is 34.9 Å². The van der Waals surface area contributed by atoms with Gasteiger partial charge in [0.2, 0.25) is 0 Å². The highest BCUT2D eigenvalue weighted by atomic mass is 16.1. The summed E-state index contributed by atoms with van der Waals surface area (Å²) in [6, 6.07) is 1.65. The van der Waals surface area contributed by atoms with Crippen molar-refractivity contribution in [3.05, 3.63) is 28.9 Å². The summed E-state index contributed by atoms with van der Waals surface area (Å²) >= 11 is 0. The number of nitrogens with zero attached hydrogens (tertiary/aromatic N) is 2. The molecule has 0 saturated heterocycles. The molecule has 0 bridgehead atoms. The van der Waals surface area contributed by atoms with Crippen molar-refractivity contribution in [3.63, 3.8) is 0 Å². The molecule has 1 aromatic rings. The van der Waals surface area contributed by atoms with Gasteiger partial charge in [-0.15, -0.1) is 0 Å². The lowest BCUT2D eigenvalue weighted by molar-refractivity contribution is 0.567. The van der Waals surface area contributed by atoms with E-state index >= 15 is 0 Å². The first-order valence-electron chi connectivity index (χ1n) is 3.24. The van der Waals surface area contributed by atoms with E-state index in [2.05, 4.69) is 4.98 Å². The van der Waals surface area contributed by atoms with E-state index in [9.17, 15) is 4.79 Å². The molecule has 0 saturated carbocycles. The fourth-order valence-corrected chi connectivity index (χ4v) is 0.748. The fraction of sp³-hybridized carbons (Fsp3) is 0.429. The number of rotatable bonds is 1. The maximum Gasteiger partial charge on any atom is 0.253 e. The Morgan fingerprint density at radius 1 is 1.60 bits per heavy atom. The van der Waals surface area contributed by atoms with Gasteiger partial charge in [-0.1, -0.05) is 0 Å². The average Bonchev–Trinajstić information content (AvgIpc) is 1.88. The second-order valence-corrected chi connectivity index (χ2v) is 2.42. The maximum atomic E-state index is 11.0. The van der Waals surface area contributed by atoms with Gasteiger partial charge < -0.3 is 0 Å². The molecule has 0 amide bonds. The van der Waals surface area contributed by atoms with Crippen LogP contribution in [0.3, 0.4) is 0 Å². The number of aromatic nitrogens is 2. The third kappa shape index (κ3) is 1.23. The van der Waals surface area contributed by atoms with Crippen LogP contribution >= 0.6 is 0 Å². The highest BCUT2D eigenvalue weighted by Crippen LogP contribution is 1.95. The van der Waals surface area contributed by atoms with Gasteiger partial charge in [0.15, 0.2) is 0 Å². The average molecular weight is 138 g/mol. The summed E-state index contributed by atoms with van der Waals surface area (Å²) in [6.07, 6.45) is 3.05. The van der Waals surface area contributed by atoms with E-state index in [0.29, 0.717) is 0 Å². The van der Waals surface area contributed by atoms with Crippen LogP contribution in [0.4, 0.5) is 0 Å². The maximum absolute atomic E-state index is 11.0. The Hall–Kier alpha value is -1.12. The van der Waals surface area contributed by atoms with Crippen LogP contribution in [0, 0.1) is 0 Å². The van der Waals surface area contributed by atoms with Crippen LogP contribution < -0.4 is 5.56 Å². The first-order valence-corrected chi connectivity index (χ1v) is 3.24. The van der Waals surface area contributed by atoms with Crippen LogP contribution in [-0.2, 0) is 0 Å². The third-order valence-corrected chi connectivity index (χ3v) is 1.31. The van der Waals surface area contributed by atoms with E-state index in [1.165, 1.54) is 12.3 Å². The van der Waals surface area contributed by atoms with Gasteiger partial charge in [-0.2, -0.15) is 0 Å². The Bertz CT molecular complexity index is 264. The first-order chi connectivity index (χ1) is 4.72. The molecule has 0 N–H and O–H groups in total. The molecule has 3 nitrogen and oxygen atoms in total. The second kappa shape index (κ2) is 2.64. The highest BCUT2D eigenvalue weighted by Gasteiger charge is 1.96. The number of hydrogen-bond acceptors (Lipinski definition) is 2. The van der Waals surface area contributed by atoms with Crippen molar-refractivity contribution in [2.45, 2.75) is 19.9 Å². The predicted molar refractivity (Wildman–Crippen MR) is 38.9 cm³/mol. The van der Waals surface area contributed by atoms with Gasteiger partial charge in [0.25, 0.3) is 5.56 Å². The van der Waals surface area contributed by atoms with E-state index in [0.717, 1.165) is 0 Å². The molecular formula is C7H10N2O. The van der Waals surface area contributed by atoms with E-state index in [1.807, 2.05) is 13.8 Å². The monoisotopic (exact) mass is 138 g/mol. The van der Waals surface area contributed by atoms with Gasteiger partial charge in [0.1, 0.15) is 0 Å². The standard InChI is InChI=1S/C7H10N2O/c1-6(2)9-5-8-4-3-7(9)10/h3-6H,1-2H3. The minimum Gasteiger partial charge on any atom is -0.297 e. The molecule has 3 heteroatoms. The molecule has 0 unspecified atom stereocenters. The lowest BCUT2D eigenvalue weighted by atomic mass is 10.4. The molecule has 0 spiro atoms. The van der Waals surface area contributed by atoms with Gasteiger partial charge >= 0.3 is 0 Å². The molecule has 10 heavy (non-hydrogen) atoms. The van der Waals surface area contributed by atoms with Gasteiger partial charge in [0.05, 0.1) is 6.33 Å². The van der Waals surface area contributed by atoms with E-state index in [-0.39, 0.29) is 11.6 Å². The van der Waals surface area contributed by atoms with Crippen molar-refractivity contribution < 1.29 is 0 Å². The molecule has 54 valence electrons. The SMILES string of the molecule is CC(C)n1cnccc1=O. The largest absolute Gasteiger partial charge is 0.297 e.